The molecule has 1 heterocycles. The lowest BCUT2D eigenvalue weighted by Gasteiger charge is -2.16. The monoisotopic (exact) mass is 421 g/mol. The van der Waals surface area contributed by atoms with Crippen molar-refractivity contribution in [1.29, 1.82) is 0 Å². The second-order valence-electron chi connectivity index (χ2n) is 9.35. The minimum atomic E-state index is 0.314. The average molecular weight is 422 g/mol. The summed E-state index contributed by atoms with van der Waals surface area (Å²) in [5.41, 5.74) is 2.63. The predicted octanol–water partition coefficient (Wildman–Crippen LogP) is 8.49. The van der Waals surface area contributed by atoms with Crippen LogP contribution in [-0.4, -0.2) is 16.3 Å². The Balaban J connectivity index is 1.37. The third kappa shape index (κ3) is 7.10. The topological polar surface area (TPSA) is 25.2 Å². The van der Waals surface area contributed by atoms with Gasteiger partial charge in [-0.25, -0.2) is 0 Å². The van der Waals surface area contributed by atoms with Gasteiger partial charge in [0, 0.05) is 35.0 Å². The first kappa shape index (κ1) is 23.9. The van der Waals surface area contributed by atoms with Crippen molar-refractivity contribution in [3.63, 3.8) is 0 Å². The SMILES string of the molecule is CCCCCCCCCCCCCC(CO)CCn1c2ccccc2c2ccccc21. The van der Waals surface area contributed by atoms with Crippen LogP contribution in [-0.2, 0) is 6.54 Å². The number of aliphatic hydroxyl groups is 1. The molecule has 0 radical (unpaired) electrons. The van der Waals surface area contributed by atoms with Crippen LogP contribution >= 0.6 is 0 Å². The first-order chi connectivity index (χ1) is 15.3. The molecule has 170 valence electrons. The second kappa shape index (κ2) is 13.6. The molecule has 2 nitrogen and oxygen atoms in total. The Bertz CT molecular complexity index is 827. The standard InChI is InChI=1S/C29H43NO/c1-2-3-4-5-6-7-8-9-10-11-12-17-25(24-31)22-23-30-28-20-15-13-18-26(28)27-19-14-16-21-29(27)30/h13-16,18-21,25,31H,2-12,17,22-24H2,1H3. The fraction of sp³-hybridized carbons (Fsp3) is 0.586. The van der Waals surface area contributed by atoms with Crippen molar-refractivity contribution in [1.82, 2.24) is 4.57 Å². The molecular formula is C29H43NO. The first-order valence-electron chi connectivity index (χ1n) is 12.9. The number of benzene rings is 2. The Morgan fingerprint density at radius 3 is 1.65 bits per heavy atom. The van der Waals surface area contributed by atoms with Gasteiger partial charge in [-0.05, 0) is 30.9 Å². The smallest absolute Gasteiger partial charge is 0.0491 e. The number of aliphatic hydroxyl groups excluding tert-OH is 1. The maximum Gasteiger partial charge on any atom is 0.0491 e. The highest BCUT2D eigenvalue weighted by Gasteiger charge is 2.12. The summed E-state index contributed by atoms with van der Waals surface area (Å²) in [6.45, 7) is 3.58. The van der Waals surface area contributed by atoms with Crippen molar-refractivity contribution >= 4 is 21.8 Å². The van der Waals surface area contributed by atoms with Gasteiger partial charge in [0.05, 0.1) is 0 Å². The Hall–Kier alpha value is -1.80. The molecule has 0 fully saturated rings. The van der Waals surface area contributed by atoms with E-state index in [9.17, 15) is 5.11 Å². The molecule has 0 aliphatic carbocycles. The van der Waals surface area contributed by atoms with E-state index in [0.29, 0.717) is 12.5 Å². The van der Waals surface area contributed by atoms with Crippen LogP contribution in [0.25, 0.3) is 21.8 Å². The minimum Gasteiger partial charge on any atom is -0.396 e. The van der Waals surface area contributed by atoms with Gasteiger partial charge in [0.15, 0.2) is 0 Å². The number of fused-ring (bicyclic) bond motifs is 3. The Kier molecular flexibility index (Phi) is 10.4. The van der Waals surface area contributed by atoms with Gasteiger partial charge in [0.1, 0.15) is 0 Å². The summed E-state index contributed by atoms with van der Waals surface area (Å²) < 4.78 is 2.45. The number of hydrogen-bond donors (Lipinski definition) is 1. The predicted molar refractivity (Wildman–Crippen MR) is 136 cm³/mol. The normalized spacial score (nSPS) is 12.7. The van der Waals surface area contributed by atoms with Crippen LogP contribution in [0.3, 0.4) is 0 Å². The van der Waals surface area contributed by atoms with Gasteiger partial charge in [-0.1, -0.05) is 114 Å². The van der Waals surface area contributed by atoms with Crippen molar-refractivity contribution in [3.05, 3.63) is 48.5 Å². The molecule has 0 bridgehead atoms. The van der Waals surface area contributed by atoms with E-state index in [0.717, 1.165) is 19.4 Å². The van der Waals surface area contributed by atoms with Crippen molar-refractivity contribution < 1.29 is 5.11 Å². The summed E-state index contributed by atoms with van der Waals surface area (Å²) in [7, 11) is 0. The minimum absolute atomic E-state index is 0.314. The Labute approximate surface area is 189 Å². The molecule has 0 saturated heterocycles. The van der Waals surface area contributed by atoms with E-state index in [1.807, 2.05) is 0 Å². The van der Waals surface area contributed by atoms with Crippen LogP contribution in [0.1, 0.15) is 90.4 Å². The van der Waals surface area contributed by atoms with E-state index in [4.69, 9.17) is 0 Å². The molecule has 1 aromatic heterocycles. The molecule has 0 amide bonds. The van der Waals surface area contributed by atoms with E-state index in [1.54, 1.807) is 0 Å². The van der Waals surface area contributed by atoms with E-state index in [1.165, 1.54) is 92.4 Å². The van der Waals surface area contributed by atoms with E-state index < -0.39 is 0 Å². The van der Waals surface area contributed by atoms with E-state index >= 15 is 0 Å². The summed E-state index contributed by atoms with van der Waals surface area (Å²) in [5.74, 6) is 0.415. The highest BCUT2D eigenvalue weighted by molar-refractivity contribution is 6.07. The lowest BCUT2D eigenvalue weighted by atomic mass is 9.97. The maximum atomic E-state index is 9.93. The molecule has 3 rings (SSSR count). The Morgan fingerprint density at radius 1 is 0.645 bits per heavy atom. The third-order valence-corrected chi connectivity index (χ3v) is 6.91. The van der Waals surface area contributed by atoms with Gasteiger partial charge >= 0.3 is 0 Å². The number of hydrogen-bond acceptors (Lipinski definition) is 1. The number of rotatable bonds is 16. The molecule has 1 unspecified atom stereocenters. The molecular weight excluding hydrogens is 378 g/mol. The number of aromatic nitrogens is 1. The van der Waals surface area contributed by atoms with Gasteiger partial charge in [-0.15, -0.1) is 0 Å². The highest BCUT2D eigenvalue weighted by Crippen LogP contribution is 2.29. The van der Waals surface area contributed by atoms with Gasteiger partial charge in [-0.3, -0.25) is 0 Å². The third-order valence-electron chi connectivity index (χ3n) is 6.91. The largest absolute Gasteiger partial charge is 0.396 e. The lowest BCUT2D eigenvalue weighted by molar-refractivity contribution is 0.203. The van der Waals surface area contributed by atoms with Crippen LogP contribution in [0.2, 0.25) is 0 Å². The van der Waals surface area contributed by atoms with Crippen molar-refractivity contribution in [2.24, 2.45) is 5.92 Å². The summed E-state index contributed by atoms with van der Waals surface area (Å²) in [6.07, 6.45) is 17.4. The van der Waals surface area contributed by atoms with Crippen LogP contribution in [0.5, 0.6) is 0 Å². The zero-order valence-electron chi connectivity index (χ0n) is 19.7. The zero-order valence-corrected chi connectivity index (χ0v) is 19.7. The second-order valence-corrected chi connectivity index (χ2v) is 9.35. The molecule has 0 aliphatic heterocycles. The fourth-order valence-corrected chi connectivity index (χ4v) is 4.98. The van der Waals surface area contributed by atoms with E-state index in [-0.39, 0.29) is 0 Å². The molecule has 3 aromatic rings. The molecule has 31 heavy (non-hydrogen) atoms. The zero-order chi connectivity index (χ0) is 21.7. The average Bonchev–Trinajstić information content (AvgIpc) is 3.13. The molecule has 1 atom stereocenters. The number of para-hydroxylation sites is 2. The van der Waals surface area contributed by atoms with Crippen molar-refractivity contribution in [2.45, 2.75) is 96.9 Å². The van der Waals surface area contributed by atoms with Crippen LogP contribution in [0, 0.1) is 5.92 Å². The Morgan fingerprint density at radius 2 is 1.13 bits per heavy atom. The maximum absolute atomic E-state index is 9.93. The molecule has 1 N–H and O–H groups in total. The molecule has 0 spiro atoms. The fourth-order valence-electron chi connectivity index (χ4n) is 4.98. The van der Waals surface area contributed by atoms with Gasteiger partial charge < -0.3 is 9.67 Å². The van der Waals surface area contributed by atoms with Crippen LogP contribution < -0.4 is 0 Å². The lowest BCUT2D eigenvalue weighted by Crippen LogP contribution is -2.10. The van der Waals surface area contributed by atoms with E-state index in [2.05, 4.69) is 60.0 Å². The quantitative estimate of drug-likeness (QED) is 0.230. The van der Waals surface area contributed by atoms with Gasteiger partial charge in [0.2, 0.25) is 0 Å². The summed E-state index contributed by atoms with van der Waals surface area (Å²) in [4.78, 5) is 0. The molecule has 2 heteroatoms. The van der Waals surface area contributed by atoms with Crippen LogP contribution in [0.15, 0.2) is 48.5 Å². The van der Waals surface area contributed by atoms with Crippen molar-refractivity contribution in [3.8, 4) is 0 Å². The highest BCUT2D eigenvalue weighted by atomic mass is 16.3. The summed E-state index contributed by atoms with van der Waals surface area (Å²) >= 11 is 0. The number of unbranched alkanes of at least 4 members (excludes halogenated alkanes) is 10. The molecule has 0 aliphatic rings. The summed E-state index contributed by atoms with van der Waals surface area (Å²) in [6, 6.07) is 17.4. The first-order valence-corrected chi connectivity index (χ1v) is 12.9. The van der Waals surface area contributed by atoms with Crippen LogP contribution in [0.4, 0.5) is 0 Å². The summed E-state index contributed by atoms with van der Waals surface area (Å²) in [5, 5.41) is 12.6. The van der Waals surface area contributed by atoms with Gasteiger partial charge in [0.25, 0.3) is 0 Å². The number of nitrogens with zero attached hydrogens (tertiary/aromatic N) is 1. The van der Waals surface area contributed by atoms with Crippen molar-refractivity contribution in [2.75, 3.05) is 6.61 Å². The number of aryl methyl sites for hydroxylation is 1. The molecule has 2 aromatic carbocycles. The van der Waals surface area contributed by atoms with Gasteiger partial charge in [-0.2, -0.15) is 0 Å². The molecule has 0 saturated carbocycles.